The molecule has 0 saturated heterocycles. The molecule has 0 bridgehead atoms. The average molecular weight is 284 g/mol. The first kappa shape index (κ1) is 14.0. The summed E-state index contributed by atoms with van der Waals surface area (Å²) in [6.45, 7) is 0. The monoisotopic (exact) mass is 284 g/mol. The highest BCUT2D eigenvalue weighted by molar-refractivity contribution is 7.98. The second-order valence-corrected chi connectivity index (χ2v) is 4.78. The van der Waals surface area contributed by atoms with Gasteiger partial charge in [-0.05, 0) is 42.7 Å². The summed E-state index contributed by atoms with van der Waals surface area (Å²) in [7, 11) is 0. The Balaban J connectivity index is 2.30. The molecule has 4 nitrogen and oxygen atoms in total. The van der Waals surface area contributed by atoms with E-state index in [9.17, 15) is 10.1 Å². The Morgan fingerprint density at radius 2 is 1.95 bits per heavy atom. The van der Waals surface area contributed by atoms with E-state index in [1.165, 1.54) is 11.8 Å². The molecule has 0 saturated carbocycles. The van der Waals surface area contributed by atoms with Crippen LogP contribution in [0.5, 0.6) is 11.5 Å². The van der Waals surface area contributed by atoms with Crippen molar-refractivity contribution >= 4 is 17.7 Å². The van der Waals surface area contributed by atoms with Gasteiger partial charge in [0, 0.05) is 10.5 Å². The van der Waals surface area contributed by atoms with E-state index in [4.69, 9.17) is 10.5 Å². The lowest BCUT2D eigenvalue weighted by molar-refractivity contribution is 0.100. The zero-order valence-electron chi connectivity index (χ0n) is 10.8. The van der Waals surface area contributed by atoms with Crippen LogP contribution < -0.4 is 10.5 Å². The first-order valence-corrected chi connectivity index (χ1v) is 7.03. The highest BCUT2D eigenvalue weighted by Gasteiger charge is 2.09. The van der Waals surface area contributed by atoms with Crippen LogP contribution >= 0.6 is 11.8 Å². The molecule has 0 aromatic heterocycles. The minimum Gasteiger partial charge on any atom is -0.456 e. The number of rotatable bonds is 4. The summed E-state index contributed by atoms with van der Waals surface area (Å²) < 4.78 is 5.69. The number of primary amides is 1. The molecule has 0 aliphatic heterocycles. The maximum Gasteiger partial charge on any atom is 0.248 e. The minimum atomic E-state index is -0.487. The summed E-state index contributed by atoms with van der Waals surface area (Å²) in [6.07, 6.45) is 1.90. The molecule has 0 aliphatic carbocycles. The molecule has 0 heterocycles. The number of carbonyl (C=O) groups is 1. The van der Waals surface area contributed by atoms with Crippen molar-refractivity contribution in [2.45, 2.75) is 4.90 Å². The molecule has 2 aromatic carbocycles. The molecular weight excluding hydrogens is 272 g/mol. The molecule has 0 aliphatic rings. The van der Waals surface area contributed by atoms with Crippen LogP contribution in [0.25, 0.3) is 0 Å². The summed E-state index contributed by atoms with van der Waals surface area (Å²) in [5.41, 5.74) is 6.09. The van der Waals surface area contributed by atoms with Gasteiger partial charge in [0.05, 0.1) is 0 Å². The van der Waals surface area contributed by atoms with E-state index >= 15 is 0 Å². The number of nitrogens with zero attached hydrogens (tertiary/aromatic N) is 1. The van der Waals surface area contributed by atoms with Gasteiger partial charge in [0.25, 0.3) is 0 Å². The molecule has 1 amide bonds. The number of carbonyl (C=O) groups excluding carboxylic acids is 1. The van der Waals surface area contributed by atoms with Gasteiger partial charge >= 0.3 is 0 Å². The van der Waals surface area contributed by atoms with E-state index in [2.05, 4.69) is 6.07 Å². The molecular formula is C15H12N2O2S. The molecule has 0 radical (unpaired) electrons. The third kappa shape index (κ3) is 2.92. The average Bonchev–Trinajstić information content (AvgIpc) is 2.47. The number of hydrogen-bond donors (Lipinski definition) is 1. The van der Waals surface area contributed by atoms with Gasteiger partial charge in [-0.2, -0.15) is 5.26 Å². The molecule has 5 heteroatoms. The Morgan fingerprint density at radius 1 is 1.25 bits per heavy atom. The standard InChI is InChI=1S/C15H12N2O2S/c1-20-14-4-2-3-13(12(14)9-16)19-11-7-5-10(6-8-11)15(17)18/h2-8H,1H3,(H2,17,18). The van der Waals surface area contributed by atoms with E-state index in [0.717, 1.165) is 4.90 Å². The van der Waals surface area contributed by atoms with Crippen LogP contribution in [0.2, 0.25) is 0 Å². The van der Waals surface area contributed by atoms with Crippen molar-refractivity contribution in [1.82, 2.24) is 0 Å². The van der Waals surface area contributed by atoms with Gasteiger partial charge in [0.15, 0.2) is 0 Å². The molecule has 2 N–H and O–H groups in total. The van der Waals surface area contributed by atoms with Crippen LogP contribution in [0.4, 0.5) is 0 Å². The smallest absolute Gasteiger partial charge is 0.248 e. The Labute approximate surface area is 121 Å². The fourth-order valence-corrected chi connectivity index (χ4v) is 2.26. The first-order valence-electron chi connectivity index (χ1n) is 5.80. The Kier molecular flexibility index (Phi) is 4.28. The van der Waals surface area contributed by atoms with Gasteiger partial charge in [-0.3, -0.25) is 4.79 Å². The Bertz CT molecular complexity index is 675. The number of nitrogens with two attached hydrogens (primary N) is 1. The van der Waals surface area contributed by atoms with E-state index in [0.29, 0.717) is 22.6 Å². The fourth-order valence-electron chi connectivity index (χ4n) is 1.69. The lowest BCUT2D eigenvalue weighted by Gasteiger charge is -2.09. The van der Waals surface area contributed by atoms with Crippen molar-refractivity contribution in [1.29, 1.82) is 5.26 Å². The van der Waals surface area contributed by atoms with Crippen LogP contribution in [0, 0.1) is 11.3 Å². The summed E-state index contributed by atoms with van der Waals surface area (Å²) >= 11 is 1.49. The molecule has 0 atom stereocenters. The molecule has 0 spiro atoms. The van der Waals surface area contributed by atoms with Crippen molar-refractivity contribution in [3.05, 3.63) is 53.6 Å². The van der Waals surface area contributed by atoms with Crippen molar-refractivity contribution in [2.75, 3.05) is 6.26 Å². The van der Waals surface area contributed by atoms with Gasteiger partial charge in [-0.1, -0.05) is 6.07 Å². The van der Waals surface area contributed by atoms with E-state index < -0.39 is 5.91 Å². The van der Waals surface area contributed by atoms with Crippen molar-refractivity contribution < 1.29 is 9.53 Å². The largest absolute Gasteiger partial charge is 0.456 e. The third-order valence-electron chi connectivity index (χ3n) is 2.69. The van der Waals surface area contributed by atoms with Gasteiger partial charge in [0.1, 0.15) is 23.1 Å². The van der Waals surface area contributed by atoms with Crippen LogP contribution in [0.3, 0.4) is 0 Å². The second-order valence-electron chi connectivity index (χ2n) is 3.94. The predicted octanol–water partition coefficient (Wildman–Crippen LogP) is 3.17. The maximum absolute atomic E-state index is 11.0. The predicted molar refractivity (Wildman–Crippen MR) is 78.0 cm³/mol. The number of amides is 1. The molecule has 2 aromatic rings. The summed E-state index contributed by atoms with van der Waals surface area (Å²) in [4.78, 5) is 11.9. The first-order chi connectivity index (χ1) is 9.65. The normalized spacial score (nSPS) is 9.80. The molecule has 20 heavy (non-hydrogen) atoms. The van der Waals surface area contributed by atoms with Gasteiger partial charge in [-0.25, -0.2) is 0 Å². The second kappa shape index (κ2) is 6.13. The van der Waals surface area contributed by atoms with Crippen LogP contribution in [0.1, 0.15) is 15.9 Å². The number of ether oxygens (including phenoxy) is 1. The maximum atomic E-state index is 11.0. The highest BCUT2D eigenvalue weighted by atomic mass is 32.2. The van der Waals surface area contributed by atoms with Gasteiger partial charge in [0.2, 0.25) is 5.91 Å². The van der Waals surface area contributed by atoms with Crippen LogP contribution in [-0.4, -0.2) is 12.2 Å². The number of thioether (sulfide) groups is 1. The summed E-state index contributed by atoms with van der Waals surface area (Å²) in [5.74, 6) is 0.551. The fraction of sp³-hybridized carbons (Fsp3) is 0.0667. The SMILES string of the molecule is CSc1cccc(Oc2ccc(C(N)=O)cc2)c1C#N. The number of nitriles is 1. The molecule has 100 valence electrons. The van der Waals surface area contributed by atoms with Crippen LogP contribution in [-0.2, 0) is 0 Å². The highest BCUT2D eigenvalue weighted by Crippen LogP contribution is 2.31. The number of hydrogen-bond acceptors (Lipinski definition) is 4. The Hall–Kier alpha value is -2.45. The topological polar surface area (TPSA) is 76.1 Å². The molecule has 2 rings (SSSR count). The number of benzene rings is 2. The minimum absolute atomic E-state index is 0.413. The van der Waals surface area contributed by atoms with E-state index in [1.807, 2.05) is 18.4 Å². The quantitative estimate of drug-likeness (QED) is 0.875. The lowest BCUT2D eigenvalue weighted by Crippen LogP contribution is -2.10. The zero-order valence-corrected chi connectivity index (χ0v) is 11.6. The summed E-state index contributed by atoms with van der Waals surface area (Å²) in [5, 5.41) is 9.22. The molecule has 0 fully saturated rings. The summed E-state index contributed by atoms with van der Waals surface area (Å²) in [6, 6.07) is 14.0. The zero-order chi connectivity index (χ0) is 14.5. The van der Waals surface area contributed by atoms with Gasteiger partial charge in [-0.15, -0.1) is 11.8 Å². The molecule has 0 unspecified atom stereocenters. The lowest BCUT2D eigenvalue weighted by atomic mass is 10.2. The van der Waals surface area contributed by atoms with Gasteiger partial charge < -0.3 is 10.5 Å². The van der Waals surface area contributed by atoms with Crippen molar-refractivity contribution in [2.24, 2.45) is 5.73 Å². The Morgan fingerprint density at radius 3 is 2.50 bits per heavy atom. The van der Waals surface area contributed by atoms with Crippen molar-refractivity contribution in [3.63, 3.8) is 0 Å². The van der Waals surface area contributed by atoms with Crippen LogP contribution in [0.15, 0.2) is 47.4 Å². The van der Waals surface area contributed by atoms with E-state index in [-0.39, 0.29) is 0 Å². The van der Waals surface area contributed by atoms with E-state index in [1.54, 1.807) is 30.3 Å². The third-order valence-corrected chi connectivity index (χ3v) is 3.47. The van der Waals surface area contributed by atoms with Crippen molar-refractivity contribution in [3.8, 4) is 17.6 Å².